The molecule has 3 heterocycles. The Bertz CT molecular complexity index is 1190. The van der Waals surface area contributed by atoms with E-state index in [0.717, 1.165) is 47.7 Å². The Balaban J connectivity index is 1.25. The lowest BCUT2D eigenvalue weighted by Crippen LogP contribution is -2.40. The van der Waals surface area contributed by atoms with Gasteiger partial charge < -0.3 is 4.90 Å². The molecule has 2 aromatic heterocycles. The van der Waals surface area contributed by atoms with Crippen molar-refractivity contribution in [3.63, 3.8) is 0 Å². The number of aryl methyl sites for hydroxylation is 1. The number of piperidine rings is 1. The summed E-state index contributed by atoms with van der Waals surface area (Å²) < 4.78 is 2.91. The van der Waals surface area contributed by atoms with Crippen LogP contribution in [-0.2, 0) is 4.79 Å². The zero-order chi connectivity index (χ0) is 21.2. The van der Waals surface area contributed by atoms with Crippen LogP contribution in [0, 0.1) is 6.92 Å². The Hall–Kier alpha value is -2.78. The number of benzene rings is 2. The number of hydrogen-bond acceptors (Lipinski definition) is 7. The Morgan fingerprint density at radius 1 is 1.19 bits per heavy atom. The molecule has 0 aliphatic carbocycles. The maximum atomic E-state index is 13.0. The van der Waals surface area contributed by atoms with Gasteiger partial charge in [-0.1, -0.05) is 42.1 Å². The molecule has 0 spiro atoms. The maximum Gasteiger partial charge on any atom is 0.233 e. The Labute approximate surface area is 188 Å². The van der Waals surface area contributed by atoms with E-state index in [0.29, 0.717) is 16.8 Å². The van der Waals surface area contributed by atoms with Crippen molar-refractivity contribution in [3.8, 4) is 5.69 Å². The van der Waals surface area contributed by atoms with Crippen LogP contribution in [-0.4, -0.2) is 54.8 Å². The van der Waals surface area contributed by atoms with Crippen LogP contribution in [0.1, 0.15) is 29.3 Å². The highest BCUT2D eigenvalue weighted by Crippen LogP contribution is 2.33. The van der Waals surface area contributed by atoms with Crippen LogP contribution >= 0.6 is 23.1 Å². The van der Waals surface area contributed by atoms with Crippen LogP contribution in [0.3, 0.4) is 0 Å². The number of carbonyl (C=O) groups is 1. The van der Waals surface area contributed by atoms with Crippen molar-refractivity contribution in [2.45, 2.75) is 30.8 Å². The number of thiazole rings is 1. The van der Waals surface area contributed by atoms with E-state index in [1.54, 1.807) is 16.0 Å². The van der Waals surface area contributed by atoms with Gasteiger partial charge in [0.2, 0.25) is 11.1 Å². The highest BCUT2D eigenvalue weighted by Gasteiger charge is 2.27. The number of para-hydroxylation sites is 2. The first kappa shape index (κ1) is 20.1. The summed E-state index contributed by atoms with van der Waals surface area (Å²) in [6, 6.07) is 16.2. The van der Waals surface area contributed by atoms with Crippen LogP contribution < -0.4 is 0 Å². The van der Waals surface area contributed by atoms with E-state index < -0.39 is 0 Å². The summed E-state index contributed by atoms with van der Waals surface area (Å²) in [5, 5.41) is 13.8. The third-order valence-corrected chi connectivity index (χ3v) is 7.65. The molecular formula is C22H22N6OS2. The fourth-order valence-corrected chi connectivity index (χ4v) is 5.79. The van der Waals surface area contributed by atoms with Crippen molar-refractivity contribution in [1.29, 1.82) is 0 Å². The summed E-state index contributed by atoms with van der Waals surface area (Å²) in [4.78, 5) is 19.8. The fourth-order valence-electron chi connectivity index (χ4n) is 3.91. The van der Waals surface area contributed by atoms with Gasteiger partial charge in [0.05, 0.1) is 26.7 Å². The maximum absolute atomic E-state index is 13.0. The molecule has 0 unspecified atom stereocenters. The number of amides is 1. The molecule has 9 heteroatoms. The molecule has 0 radical (unpaired) electrons. The third kappa shape index (κ3) is 4.20. The van der Waals surface area contributed by atoms with E-state index in [-0.39, 0.29) is 5.91 Å². The molecule has 0 bridgehead atoms. The number of tetrazole rings is 1. The van der Waals surface area contributed by atoms with Gasteiger partial charge in [-0.2, -0.15) is 4.68 Å². The monoisotopic (exact) mass is 450 g/mol. The molecular weight excluding hydrogens is 428 g/mol. The second-order valence-corrected chi connectivity index (χ2v) is 9.65. The fraction of sp³-hybridized carbons (Fsp3) is 0.318. The Morgan fingerprint density at radius 2 is 2.03 bits per heavy atom. The zero-order valence-electron chi connectivity index (χ0n) is 17.1. The van der Waals surface area contributed by atoms with Crippen LogP contribution in [0.4, 0.5) is 0 Å². The summed E-state index contributed by atoms with van der Waals surface area (Å²) in [6.07, 6.45) is 2.07. The first-order valence-corrected chi connectivity index (χ1v) is 12.1. The molecule has 1 fully saturated rings. The van der Waals surface area contributed by atoms with Gasteiger partial charge >= 0.3 is 0 Å². The second-order valence-electron chi connectivity index (χ2n) is 7.65. The smallest absolute Gasteiger partial charge is 0.233 e. The van der Waals surface area contributed by atoms with Crippen molar-refractivity contribution in [2.24, 2.45) is 0 Å². The molecule has 4 aromatic rings. The predicted molar refractivity (Wildman–Crippen MR) is 123 cm³/mol. The van der Waals surface area contributed by atoms with Gasteiger partial charge in [0, 0.05) is 19.0 Å². The first-order valence-electron chi connectivity index (χ1n) is 10.3. The van der Waals surface area contributed by atoms with Crippen molar-refractivity contribution in [3.05, 3.63) is 59.1 Å². The highest BCUT2D eigenvalue weighted by molar-refractivity contribution is 7.99. The molecule has 5 rings (SSSR count). The Morgan fingerprint density at radius 3 is 2.90 bits per heavy atom. The normalized spacial score (nSPS) is 16.7. The number of hydrogen-bond donors (Lipinski definition) is 0. The number of rotatable bonds is 5. The summed E-state index contributed by atoms with van der Waals surface area (Å²) in [6.45, 7) is 3.54. The average molecular weight is 451 g/mol. The van der Waals surface area contributed by atoms with Gasteiger partial charge in [-0.15, -0.1) is 16.4 Å². The van der Waals surface area contributed by atoms with Gasteiger partial charge in [-0.3, -0.25) is 4.79 Å². The van der Waals surface area contributed by atoms with Gasteiger partial charge in [0.15, 0.2) is 0 Å². The molecule has 0 N–H and O–H groups in total. The van der Waals surface area contributed by atoms with Crippen molar-refractivity contribution < 1.29 is 4.79 Å². The van der Waals surface area contributed by atoms with Crippen molar-refractivity contribution in [1.82, 2.24) is 30.1 Å². The summed E-state index contributed by atoms with van der Waals surface area (Å²) in [7, 11) is 0. The molecule has 31 heavy (non-hydrogen) atoms. The topological polar surface area (TPSA) is 76.8 Å². The van der Waals surface area contributed by atoms with Crippen molar-refractivity contribution in [2.75, 3.05) is 18.8 Å². The molecule has 158 valence electrons. The largest absolute Gasteiger partial charge is 0.341 e. The minimum absolute atomic E-state index is 0.121. The van der Waals surface area contributed by atoms with Crippen LogP contribution in [0.15, 0.2) is 53.7 Å². The first-order chi connectivity index (χ1) is 15.2. The molecule has 7 nitrogen and oxygen atoms in total. The lowest BCUT2D eigenvalue weighted by molar-refractivity contribution is -0.129. The Kier molecular flexibility index (Phi) is 5.69. The van der Waals surface area contributed by atoms with Gasteiger partial charge in [0.1, 0.15) is 0 Å². The lowest BCUT2D eigenvalue weighted by atomic mass is 9.99. The number of likely N-dealkylation sites (tertiary alicyclic amines) is 1. The summed E-state index contributed by atoms with van der Waals surface area (Å²) >= 11 is 3.13. The quantitative estimate of drug-likeness (QED) is 0.427. The molecule has 1 aliphatic heterocycles. The minimum Gasteiger partial charge on any atom is -0.341 e. The van der Waals surface area contributed by atoms with E-state index in [2.05, 4.69) is 27.7 Å². The number of carbonyl (C=O) groups excluding carboxylic acids is 1. The molecule has 1 atom stereocenters. The lowest BCUT2D eigenvalue weighted by Gasteiger charge is -2.31. The van der Waals surface area contributed by atoms with Gasteiger partial charge in [0.25, 0.3) is 0 Å². The van der Waals surface area contributed by atoms with E-state index in [4.69, 9.17) is 4.98 Å². The standard InChI is InChI=1S/C22H22N6OS2/c1-15-7-2-4-10-18(15)28-22(24-25-26-28)30-14-20(29)27-12-6-8-16(13-27)21-23-17-9-3-5-11-19(17)31-21/h2-5,7,9-11,16H,6,8,12-14H2,1H3/t16-/m0/s1. The number of fused-ring (bicyclic) bond motifs is 1. The summed E-state index contributed by atoms with van der Waals surface area (Å²) in [5.41, 5.74) is 3.05. The SMILES string of the molecule is Cc1ccccc1-n1nnnc1SCC(=O)N1CCC[C@H](c2nc3ccccc3s2)C1. The number of thioether (sulfide) groups is 1. The van der Waals surface area contributed by atoms with Crippen LogP contribution in [0.2, 0.25) is 0 Å². The van der Waals surface area contributed by atoms with E-state index in [9.17, 15) is 4.79 Å². The molecule has 0 saturated carbocycles. The van der Waals surface area contributed by atoms with E-state index in [1.165, 1.54) is 16.5 Å². The van der Waals surface area contributed by atoms with E-state index in [1.807, 2.05) is 48.2 Å². The zero-order valence-corrected chi connectivity index (χ0v) is 18.8. The predicted octanol–water partition coefficient (Wildman–Crippen LogP) is 4.08. The van der Waals surface area contributed by atoms with Crippen LogP contribution in [0.25, 0.3) is 15.9 Å². The molecule has 1 amide bonds. The van der Waals surface area contributed by atoms with Crippen LogP contribution in [0.5, 0.6) is 0 Å². The van der Waals surface area contributed by atoms with E-state index >= 15 is 0 Å². The third-order valence-electron chi connectivity index (χ3n) is 5.54. The summed E-state index contributed by atoms with van der Waals surface area (Å²) in [5.74, 6) is 0.742. The minimum atomic E-state index is 0.121. The van der Waals surface area contributed by atoms with Gasteiger partial charge in [-0.05, 0) is 54.0 Å². The second kappa shape index (κ2) is 8.76. The highest BCUT2D eigenvalue weighted by atomic mass is 32.2. The van der Waals surface area contributed by atoms with Gasteiger partial charge in [-0.25, -0.2) is 4.98 Å². The average Bonchev–Trinajstić information content (AvgIpc) is 3.45. The van der Waals surface area contributed by atoms with Crippen molar-refractivity contribution >= 4 is 39.2 Å². The molecule has 1 aliphatic rings. The number of nitrogens with zero attached hydrogens (tertiary/aromatic N) is 6. The molecule has 1 saturated heterocycles. The number of aromatic nitrogens is 5. The molecule has 2 aromatic carbocycles.